The van der Waals surface area contributed by atoms with Crippen molar-refractivity contribution in [2.24, 2.45) is 0 Å². The molecule has 6 heteroatoms. The Morgan fingerprint density at radius 2 is 1.74 bits per heavy atom. The molecule has 2 aliphatic heterocycles. The summed E-state index contributed by atoms with van der Waals surface area (Å²) < 4.78 is 12.0. The Bertz CT molecular complexity index is 504. The van der Waals surface area contributed by atoms with Crippen LogP contribution in [0, 0.1) is 0 Å². The third-order valence-electron chi connectivity index (χ3n) is 5.15. The van der Waals surface area contributed by atoms with Gasteiger partial charge in [-0.05, 0) is 45.3 Å². The zero-order valence-electron chi connectivity index (χ0n) is 15.7. The summed E-state index contributed by atoms with van der Waals surface area (Å²) in [4.78, 5) is 26.3. The van der Waals surface area contributed by atoms with E-state index >= 15 is 0 Å². The first-order valence-electron chi connectivity index (χ1n) is 8.45. The van der Waals surface area contributed by atoms with Gasteiger partial charge in [-0.3, -0.25) is 4.79 Å². The molecular weight excluding hydrogens is 310 g/mol. The van der Waals surface area contributed by atoms with Gasteiger partial charge in [0.15, 0.2) is 14.4 Å². The number of carbonyl (C=O) groups excluding carboxylic acids is 2. The highest BCUT2D eigenvalue weighted by Crippen LogP contribution is 2.43. The Kier molecular flexibility index (Phi) is 4.48. The molecule has 2 rings (SSSR count). The molecular formula is C17H31NO4Si. The first-order chi connectivity index (χ1) is 10.2. The summed E-state index contributed by atoms with van der Waals surface area (Å²) in [6.07, 6.45) is 1.01. The maximum Gasteiger partial charge on any atom is 0.332 e. The smallest absolute Gasteiger partial charge is 0.332 e. The number of hydrogen-bond acceptors (Lipinski definition) is 4. The van der Waals surface area contributed by atoms with Crippen LogP contribution in [0.5, 0.6) is 0 Å². The topological polar surface area (TPSA) is 55.8 Å². The predicted octanol–water partition coefficient (Wildman–Crippen LogP) is 3.09. The molecule has 3 atom stereocenters. The van der Waals surface area contributed by atoms with Crippen LogP contribution in [0.3, 0.4) is 0 Å². The van der Waals surface area contributed by atoms with Gasteiger partial charge >= 0.3 is 5.97 Å². The average molecular weight is 342 g/mol. The van der Waals surface area contributed by atoms with Crippen LogP contribution >= 0.6 is 0 Å². The lowest BCUT2D eigenvalue weighted by Crippen LogP contribution is -2.57. The molecule has 0 radical (unpaired) electrons. The molecule has 2 heterocycles. The molecule has 2 aliphatic rings. The summed E-state index contributed by atoms with van der Waals surface area (Å²) in [5.41, 5.74) is -0.565. The minimum absolute atomic E-state index is 0.0344. The highest BCUT2D eigenvalue weighted by atomic mass is 28.4. The second-order valence-corrected chi connectivity index (χ2v) is 14.0. The molecule has 0 N–H and O–H groups in total. The standard InChI is InChI=1S/C17H31NO4Si/c1-16(2,3)21-15(20)14-12(9-11-10-13(19)18(11)14)22-23(7,8)17(4,5)6/h11-12,14H,9-10H2,1-8H3/t11-,12-,14+/m1/s1. The van der Waals surface area contributed by atoms with Crippen molar-refractivity contribution in [1.29, 1.82) is 0 Å². The van der Waals surface area contributed by atoms with Crippen LogP contribution in [0.2, 0.25) is 18.1 Å². The molecule has 0 aromatic rings. The van der Waals surface area contributed by atoms with Crippen molar-refractivity contribution in [3.05, 3.63) is 0 Å². The number of ether oxygens (including phenoxy) is 1. The Morgan fingerprint density at radius 3 is 2.17 bits per heavy atom. The SMILES string of the molecule is CC(C)(C)OC(=O)[C@@H]1[C@H](O[Si](C)(C)C(C)(C)C)C[C@@H]2CC(=O)N21. The zero-order chi connectivity index (χ0) is 17.8. The summed E-state index contributed by atoms with van der Waals surface area (Å²) in [6.45, 7) is 16.4. The average Bonchev–Trinajstić information content (AvgIpc) is 2.57. The van der Waals surface area contributed by atoms with Crippen LogP contribution < -0.4 is 0 Å². The van der Waals surface area contributed by atoms with Crippen LogP contribution in [0.4, 0.5) is 0 Å². The molecule has 0 aliphatic carbocycles. The minimum atomic E-state index is -2.02. The molecule has 0 aromatic carbocycles. The molecule has 23 heavy (non-hydrogen) atoms. The van der Waals surface area contributed by atoms with E-state index in [1.807, 2.05) is 20.8 Å². The van der Waals surface area contributed by atoms with E-state index in [1.165, 1.54) is 0 Å². The van der Waals surface area contributed by atoms with Crippen molar-refractivity contribution >= 4 is 20.2 Å². The van der Waals surface area contributed by atoms with Crippen molar-refractivity contribution in [3.8, 4) is 0 Å². The molecule has 0 spiro atoms. The minimum Gasteiger partial charge on any atom is -0.458 e. The van der Waals surface area contributed by atoms with E-state index in [1.54, 1.807) is 4.90 Å². The summed E-state index contributed by atoms with van der Waals surface area (Å²) in [5.74, 6) is -0.302. The van der Waals surface area contributed by atoms with E-state index in [-0.39, 0.29) is 29.1 Å². The fourth-order valence-electron chi connectivity index (χ4n) is 2.95. The Hall–Kier alpha value is -0.883. The van der Waals surface area contributed by atoms with Crippen molar-refractivity contribution in [2.45, 2.75) is 96.3 Å². The van der Waals surface area contributed by atoms with E-state index in [4.69, 9.17) is 9.16 Å². The molecule has 0 unspecified atom stereocenters. The number of rotatable bonds is 3. The lowest BCUT2D eigenvalue weighted by atomic mass is 10.0. The van der Waals surface area contributed by atoms with Gasteiger partial charge in [0, 0.05) is 12.5 Å². The van der Waals surface area contributed by atoms with E-state index < -0.39 is 20.0 Å². The van der Waals surface area contributed by atoms with Gasteiger partial charge in [-0.15, -0.1) is 0 Å². The summed E-state index contributed by atoms with van der Waals surface area (Å²) in [6, 6.07) is -0.454. The first-order valence-corrected chi connectivity index (χ1v) is 11.4. The van der Waals surface area contributed by atoms with Gasteiger partial charge in [0.1, 0.15) is 5.60 Å². The Balaban J connectivity index is 2.21. The fourth-order valence-corrected chi connectivity index (χ4v) is 4.28. The highest BCUT2D eigenvalue weighted by Gasteiger charge is 2.57. The van der Waals surface area contributed by atoms with Crippen LogP contribution in [0.1, 0.15) is 54.4 Å². The van der Waals surface area contributed by atoms with Crippen LogP contribution in [0.15, 0.2) is 0 Å². The molecule has 0 aromatic heterocycles. The maximum absolute atomic E-state index is 12.7. The molecule has 132 valence electrons. The number of β-lactam (4-membered cyclic amide) rings is 1. The molecule has 0 saturated carbocycles. The number of nitrogens with zero attached hydrogens (tertiary/aromatic N) is 1. The monoisotopic (exact) mass is 341 g/mol. The Morgan fingerprint density at radius 1 is 1.17 bits per heavy atom. The van der Waals surface area contributed by atoms with Gasteiger partial charge in [-0.2, -0.15) is 0 Å². The van der Waals surface area contributed by atoms with E-state index in [2.05, 4.69) is 33.9 Å². The third-order valence-corrected chi connectivity index (χ3v) is 9.65. The van der Waals surface area contributed by atoms with Crippen molar-refractivity contribution in [1.82, 2.24) is 4.90 Å². The fraction of sp³-hybridized carbons (Fsp3) is 0.882. The number of fused-ring (bicyclic) bond motifs is 1. The largest absolute Gasteiger partial charge is 0.458 e. The molecule has 2 fully saturated rings. The van der Waals surface area contributed by atoms with Gasteiger partial charge in [-0.1, -0.05) is 20.8 Å². The Labute approximate surface area is 140 Å². The predicted molar refractivity (Wildman–Crippen MR) is 91.6 cm³/mol. The van der Waals surface area contributed by atoms with Gasteiger partial charge < -0.3 is 14.1 Å². The van der Waals surface area contributed by atoms with Gasteiger partial charge in [0.25, 0.3) is 0 Å². The quantitative estimate of drug-likeness (QED) is 0.450. The zero-order valence-corrected chi connectivity index (χ0v) is 16.7. The summed E-state index contributed by atoms with van der Waals surface area (Å²) in [7, 11) is -2.02. The van der Waals surface area contributed by atoms with Crippen LogP contribution in [-0.2, 0) is 18.8 Å². The normalized spacial score (nSPS) is 28.4. The number of amides is 1. The first kappa shape index (κ1) is 18.5. The highest BCUT2D eigenvalue weighted by molar-refractivity contribution is 6.74. The van der Waals surface area contributed by atoms with Crippen molar-refractivity contribution < 1.29 is 18.8 Å². The van der Waals surface area contributed by atoms with Gasteiger partial charge in [-0.25, -0.2) is 4.79 Å². The second-order valence-electron chi connectivity index (χ2n) is 9.29. The molecule has 5 nitrogen and oxygen atoms in total. The van der Waals surface area contributed by atoms with E-state index in [0.29, 0.717) is 6.42 Å². The van der Waals surface area contributed by atoms with Gasteiger partial charge in [0.2, 0.25) is 5.91 Å². The van der Waals surface area contributed by atoms with Crippen molar-refractivity contribution in [2.75, 3.05) is 0 Å². The van der Waals surface area contributed by atoms with Crippen molar-refractivity contribution in [3.63, 3.8) is 0 Å². The van der Waals surface area contributed by atoms with Gasteiger partial charge in [0.05, 0.1) is 6.10 Å². The number of hydrogen-bond donors (Lipinski definition) is 0. The molecule has 2 saturated heterocycles. The summed E-state index contributed by atoms with van der Waals surface area (Å²) in [5, 5.41) is 0.0620. The van der Waals surface area contributed by atoms with Crippen LogP contribution in [-0.4, -0.2) is 48.9 Å². The maximum atomic E-state index is 12.7. The lowest BCUT2D eigenvalue weighted by Gasteiger charge is -2.41. The lowest BCUT2D eigenvalue weighted by molar-refractivity contribution is -0.170. The summed E-state index contributed by atoms with van der Waals surface area (Å²) >= 11 is 0. The second kappa shape index (κ2) is 5.58. The third kappa shape index (κ3) is 3.63. The van der Waals surface area contributed by atoms with E-state index in [9.17, 15) is 9.59 Å². The molecule has 0 bridgehead atoms. The number of carbonyl (C=O) groups is 2. The molecule has 1 amide bonds. The number of esters is 1. The van der Waals surface area contributed by atoms with Crippen LogP contribution in [0.25, 0.3) is 0 Å². The van der Waals surface area contributed by atoms with E-state index in [0.717, 1.165) is 6.42 Å².